The Morgan fingerprint density at radius 3 is 2.52 bits per heavy atom. The molecule has 0 fully saturated rings. The van der Waals surface area contributed by atoms with Crippen LogP contribution < -0.4 is 11.1 Å². The highest BCUT2D eigenvalue weighted by Crippen LogP contribution is 2.17. The Bertz CT molecular complexity index is 706. The van der Waals surface area contributed by atoms with Gasteiger partial charge in [0.2, 0.25) is 5.91 Å². The maximum absolute atomic E-state index is 12.3. The number of carbonyl (C=O) groups is 1. The minimum Gasteiger partial charge on any atom is -0.467 e. The lowest BCUT2D eigenvalue weighted by molar-refractivity contribution is -0.120. The zero-order chi connectivity index (χ0) is 15.5. The van der Waals surface area contributed by atoms with Crippen LogP contribution in [0.15, 0.2) is 52.0 Å². The fourth-order valence-corrected chi connectivity index (χ4v) is 3.02. The van der Waals surface area contributed by atoms with Crippen LogP contribution in [0.3, 0.4) is 0 Å². The number of nitrogen functional groups attached to an aromatic ring is 1. The van der Waals surface area contributed by atoms with Crippen LogP contribution in [0, 0.1) is 0 Å². The second kappa shape index (κ2) is 6.01. The topological polar surface area (TPSA) is 102 Å². The first kappa shape index (κ1) is 15.1. The molecule has 0 bridgehead atoms. The molecule has 3 N–H and O–H groups in total. The summed E-state index contributed by atoms with van der Waals surface area (Å²) in [6, 6.07) is 9.14. The standard InChI is InChI=1S/C14H16N2O4S/c1-10(14(17)16-9-12-3-2-8-20-12)21(18,19)13-6-4-11(15)5-7-13/h2-8,10H,9,15H2,1H3,(H,16,17). The molecule has 0 spiro atoms. The van der Waals surface area contributed by atoms with Gasteiger partial charge < -0.3 is 15.5 Å². The van der Waals surface area contributed by atoms with E-state index in [2.05, 4.69) is 5.32 Å². The number of hydrogen-bond acceptors (Lipinski definition) is 5. The normalized spacial score (nSPS) is 12.8. The van der Waals surface area contributed by atoms with Gasteiger partial charge in [-0.2, -0.15) is 0 Å². The number of furan rings is 1. The lowest BCUT2D eigenvalue weighted by Crippen LogP contribution is -2.37. The fourth-order valence-electron chi connectivity index (χ4n) is 1.73. The molecule has 1 amide bonds. The SMILES string of the molecule is CC(C(=O)NCc1ccco1)S(=O)(=O)c1ccc(N)cc1. The van der Waals surface area contributed by atoms with Gasteiger partial charge in [-0.25, -0.2) is 8.42 Å². The number of nitrogens with two attached hydrogens (primary N) is 1. The van der Waals surface area contributed by atoms with Gasteiger partial charge in [-0.15, -0.1) is 0 Å². The molecule has 1 aromatic carbocycles. The van der Waals surface area contributed by atoms with Crippen LogP contribution in [-0.4, -0.2) is 19.6 Å². The molecule has 0 aliphatic carbocycles. The van der Waals surface area contributed by atoms with Crippen molar-refractivity contribution in [1.82, 2.24) is 5.32 Å². The van der Waals surface area contributed by atoms with E-state index >= 15 is 0 Å². The van der Waals surface area contributed by atoms with Gasteiger partial charge in [0.05, 0.1) is 17.7 Å². The summed E-state index contributed by atoms with van der Waals surface area (Å²) in [5, 5.41) is 1.34. The highest BCUT2D eigenvalue weighted by atomic mass is 32.2. The molecule has 1 heterocycles. The number of benzene rings is 1. The largest absolute Gasteiger partial charge is 0.467 e. The molecule has 6 nitrogen and oxygen atoms in total. The molecule has 0 saturated carbocycles. The van der Waals surface area contributed by atoms with Gasteiger partial charge in [0.1, 0.15) is 11.0 Å². The van der Waals surface area contributed by atoms with E-state index in [0.29, 0.717) is 11.4 Å². The lowest BCUT2D eigenvalue weighted by Gasteiger charge is -2.13. The van der Waals surface area contributed by atoms with Crippen LogP contribution >= 0.6 is 0 Å². The van der Waals surface area contributed by atoms with E-state index in [4.69, 9.17) is 10.2 Å². The monoisotopic (exact) mass is 308 g/mol. The zero-order valence-electron chi connectivity index (χ0n) is 11.4. The molecule has 1 aromatic heterocycles. The number of rotatable bonds is 5. The van der Waals surface area contributed by atoms with Gasteiger partial charge in [0.25, 0.3) is 0 Å². The van der Waals surface area contributed by atoms with Gasteiger partial charge in [0, 0.05) is 5.69 Å². The summed E-state index contributed by atoms with van der Waals surface area (Å²) in [5.41, 5.74) is 5.99. The summed E-state index contributed by atoms with van der Waals surface area (Å²) in [6.45, 7) is 1.50. The van der Waals surface area contributed by atoms with Crippen LogP contribution in [0.5, 0.6) is 0 Å². The number of anilines is 1. The van der Waals surface area contributed by atoms with Crippen LogP contribution in [0.1, 0.15) is 12.7 Å². The predicted octanol–water partition coefficient (Wildman–Crippen LogP) is 1.34. The Morgan fingerprint density at radius 2 is 1.95 bits per heavy atom. The van der Waals surface area contributed by atoms with Crippen molar-refractivity contribution in [2.75, 3.05) is 5.73 Å². The number of amides is 1. The molecule has 1 unspecified atom stereocenters. The number of sulfone groups is 1. The number of nitrogens with one attached hydrogen (secondary N) is 1. The highest BCUT2D eigenvalue weighted by molar-refractivity contribution is 7.92. The number of carbonyl (C=O) groups excluding carboxylic acids is 1. The fraction of sp³-hybridized carbons (Fsp3) is 0.214. The molecule has 1 atom stereocenters. The Kier molecular flexibility index (Phi) is 4.32. The van der Waals surface area contributed by atoms with E-state index in [-0.39, 0.29) is 11.4 Å². The molecular formula is C14H16N2O4S. The van der Waals surface area contributed by atoms with Gasteiger partial charge in [0.15, 0.2) is 9.84 Å². The first-order chi connectivity index (χ1) is 9.91. The minimum atomic E-state index is -3.74. The van der Waals surface area contributed by atoms with Crippen LogP contribution in [-0.2, 0) is 21.2 Å². The quantitative estimate of drug-likeness (QED) is 0.811. The minimum absolute atomic E-state index is 0.0670. The summed E-state index contributed by atoms with van der Waals surface area (Å²) in [4.78, 5) is 12.0. The third-order valence-corrected chi connectivity index (χ3v) is 5.13. The van der Waals surface area contributed by atoms with Crippen LogP contribution in [0.4, 0.5) is 5.69 Å². The molecule has 2 aromatic rings. The van der Waals surface area contributed by atoms with E-state index in [0.717, 1.165) is 0 Å². The second-order valence-corrected chi connectivity index (χ2v) is 6.82. The zero-order valence-corrected chi connectivity index (χ0v) is 12.3. The average molecular weight is 308 g/mol. The van der Waals surface area contributed by atoms with Crippen LogP contribution in [0.2, 0.25) is 0 Å². The van der Waals surface area contributed by atoms with E-state index < -0.39 is 21.0 Å². The van der Waals surface area contributed by atoms with E-state index in [9.17, 15) is 13.2 Å². The molecule has 0 saturated heterocycles. The van der Waals surface area contributed by atoms with Gasteiger partial charge >= 0.3 is 0 Å². The summed E-state index contributed by atoms with van der Waals surface area (Å²) < 4.78 is 29.7. The van der Waals surface area contributed by atoms with Crippen molar-refractivity contribution in [3.63, 3.8) is 0 Å². The van der Waals surface area contributed by atoms with E-state index in [1.54, 1.807) is 12.1 Å². The molecule has 0 aliphatic rings. The van der Waals surface area contributed by atoms with Crippen molar-refractivity contribution in [2.45, 2.75) is 23.6 Å². The Balaban J connectivity index is 2.08. The van der Waals surface area contributed by atoms with Crippen molar-refractivity contribution in [3.05, 3.63) is 48.4 Å². The maximum atomic E-state index is 12.3. The summed E-state index contributed by atoms with van der Waals surface area (Å²) >= 11 is 0. The van der Waals surface area contributed by atoms with Crippen LogP contribution in [0.25, 0.3) is 0 Å². The van der Waals surface area contributed by atoms with Crippen molar-refractivity contribution in [1.29, 1.82) is 0 Å². The van der Waals surface area contributed by atoms with Gasteiger partial charge in [-0.3, -0.25) is 4.79 Å². The maximum Gasteiger partial charge on any atom is 0.238 e. The predicted molar refractivity (Wildman–Crippen MR) is 78.1 cm³/mol. The first-order valence-corrected chi connectivity index (χ1v) is 7.85. The first-order valence-electron chi connectivity index (χ1n) is 6.31. The summed E-state index contributed by atoms with van der Waals surface area (Å²) in [6.07, 6.45) is 1.48. The molecule has 7 heteroatoms. The van der Waals surface area contributed by atoms with Crippen molar-refractivity contribution < 1.29 is 17.6 Å². The van der Waals surface area contributed by atoms with E-state index in [1.807, 2.05) is 0 Å². The average Bonchev–Trinajstić information content (AvgIpc) is 2.97. The molecule has 2 rings (SSSR count). The summed E-state index contributed by atoms with van der Waals surface area (Å²) in [5.74, 6) is -0.0244. The molecule has 0 radical (unpaired) electrons. The van der Waals surface area contributed by atoms with Crippen molar-refractivity contribution in [2.24, 2.45) is 0 Å². The Morgan fingerprint density at radius 1 is 1.29 bits per heavy atom. The third kappa shape index (κ3) is 3.43. The molecule has 0 aliphatic heterocycles. The van der Waals surface area contributed by atoms with E-state index in [1.165, 1.54) is 37.5 Å². The second-order valence-electron chi connectivity index (χ2n) is 4.55. The molecule has 112 valence electrons. The highest BCUT2D eigenvalue weighted by Gasteiger charge is 2.29. The number of hydrogen-bond donors (Lipinski definition) is 2. The summed E-state index contributed by atoms with van der Waals surface area (Å²) in [7, 11) is -3.74. The lowest BCUT2D eigenvalue weighted by atomic mass is 10.3. The van der Waals surface area contributed by atoms with Gasteiger partial charge in [-0.05, 0) is 43.3 Å². The van der Waals surface area contributed by atoms with Gasteiger partial charge in [-0.1, -0.05) is 0 Å². The molecular weight excluding hydrogens is 292 g/mol. The Labute approximate surface area is 122 Å². The van der Waals surface area contributed by atoms with Crippen molar-refractivity contribution in [3.8, 4) is 0 Å². The molecule has 21 heavy (non-hydrogen) atoms. The Hall–Kier alpha value is -2.28. The smallest absolute Gasteiger partial charge is 0.238 e. The third-order valence-electron chi connectivity index (χ3n) is 3.06. The van der Waals surface area contributed by atoms with Crippen molar-refractivity contribution >= 4 is 21.4 Å².